The first-order valence-corrected chi connectivity index (χ1v) is 5.06. The second-order valence-electron chi connectivity index (χ2n) is 4.08. The quantitative estimate of drug-likeness (QED) is 0.745. The Balaban J connectivity index is 2.61. The minimum atomic E-state index is 0.550. The Kier molecular flexibility index (Phi) is 2.42. The molecule has 0 saturated heterocycles. The predicted octanol–water partition coefficient (Wildman–Crippen LogP) is 2.56. The van der Waals surface area contributed by atoms with Gasteiger partial charge in [0.05, 0.1) is 5.56 Å². The molecule has 2 aromatic heterocycles. The van der Waals surface area contributed by atoms with Gasteiger partial charge in [-0.25, -0.2) is 4.98 Å². The van der Waals surface area contributed by atoms with E-state index in [1.807, 2.05) is 18.3 Å². The van der Waals surface area contributed by atoms with Crippen molar-refractivity contribution in [2.24, 2.45) is 5.92 Å². The van der Waals surface area contributed by atoms with Crippen molar-refractivity contribution in [1.29, 1.82) is 5.26 Å². The van der Waals surface area contributed by atoms with Crippen LogP contribution in [0.2, 0.25) is 0 Å². The summed E-state index contributed by atoms with van der Waals surface area (Å²) < 4.78 is 2.05. The Labute approximate surface area is 89.0 Å². The molecular weight excluding hydrogens is 186 g/mol. The summed E-state index contributed by atoms with van der Waals surface area (Å²) in [6.45, 7) is 5.21. The summed E-state index contributed by atoms with van der Waals surface area (Å²) in [6, 6.07) is 6.01. The topological polar surface area (TPSA) is 41.6 Å². The van der Waals surface area contributed by atoms with Gasteiger partial charge in [0.1, 0.15) is 11.7 Å². The first kappa shape index (κ1) is 9.72. The largest absolute Gasteiger partial charge is 0.331 e. The number of fused-ring (bicyclic) bond motifs is 1. The lowest BCUT2D eigenvalue weighted by Gasteiger charge is -2.06. The minimum absolute atomic E-state index is 0.550. The maximum Gasteiger partial charge on any atom is 0.141 e. The van der Waals surface area contributed by atoms with Crippen LogP contribution in [0, 0.1) is 17.2 Å². The van der Waals surface area contributed by atoms with Crippen LogP contribution in [-0.4, -0.2) is 9.55 Å². The summed E-state index contributed by atoms with van der Waals surface area (Å²) >= 11 is 0. The summed E-state index contributed by atoms with van der Waals surface area (Å²) in [4.78, 5) is 4.31. The minimum Gasteiger partial charge on any atom is -0.331 e. The lowest BCUT2D eigenvalue weighted by atomic mass is 10.2. The molecule has 0 bridgehead atoms. The van der Waals surface area contributed by atoms with E-state index in [0.29, 0.717) is 11.5 Å². The fourth-order valence-electron chi connectivity index (χ4n) is 1.74. The molecule has 76 valence electrons. The molecule has 0 spiro atoms. The summed E-state index contributed by atoms with van der Waals surface area (Å²) in [7, 11) is 0. The molecule has 15 heavy (non-hydrogen) atoms. The normalized spacial score (nSPS) is 10.8. The van der Waals surface area contributed by atoms with E-state index in [4.69, 9.17) is 5.26 Å². The van der Waals surface area contributed by atoms with Gasteiger partial charge in [0.2, 0.25) is 0 Å². The molecule has 0 radical (unpaired) electrons. The zero-order valence-corrected chi connectivity index (χ0v) is 8.94. The van der Waals surface area contributed by atoms with Gasteiger partial charge in [-0.15, -0.1) is 0 Å². The summed E-state index contributed by atoms with van der Waals surface area (Å²) in [5.74, 6) is 0.550. The highest BCUT2D eigenvalue weighted by molar-refractivity contribution is 5.83. The maximum absolute atomic E-state index is 8.99. The van der Waals surface area contributed by atoms with Crippen LogP contribution in [-0.2, 0) is 6.54 Å². The summed E-state index contributed by atoms with van der Waals surface area (Å²) in [6.07, 6.45) is 3.65. The molecule has 0 saturated carbocycles. The van der Waals surface area contributed by atoms with E-state index in [9.17, 15) is 0 Å². The van der Waals surface area contributed by atoms with Crippen molar-refractivity contribution in [1.82, 2.24) is 9.55 Å². The molecule has 3 heteroatoms. The van der Waals surface area contributed by atoms with E-state index in [-0.39, 0.29) is 0 Å². The van der Waals surface area contributed by atoms with Crippen molar-refractivity contribution in [2.75, 3.05) is 0 Å². The van der Waals surface area contributed by atoms with Gasteiger partial charge in [-0.1, -0.05) is 13.8 Å². The molecule has 2 rings (SSSR count). The third kappa shape index (κ3) is 1.71. The molecule has 2 aromatic rings. The van der Waals surface area contributed by atoms with Crippen LogP contribution in [0.15, 0.2) is 24.5 Å². The van der Waals surface area contributed by atoms with E-state index in [2.05, 4.69) is 29.5 Å². The van der Waals surface area contributed by atoms with Gasteiger partial charge in [-0.05, 0) is 18.1 Å². The standard InChI is InChI=1S/C12H13N3/c1-9(2)7-15-8-10(6-13)11-4-3-5-14-12(11)15/h3-5,8-9H,7H2,1-2H3. The molecular formula is C12H13N3. The van der Waals surface area contributed by atoms with Crippen molar-refractivity contribution >= 4 is 11.0 Å². The van der Waals surface area contributed by atoms with Crippen LogP contribution in [0.4, 0.5) is 0 Å². The summed E-state index contributed by atoms with van der Waals surface area (Å²) in [5.41, 5.74) is 1.61. The third-order valence-electron chi connectivity index (χ3n) is 2.32. The van der Waals surface area contributed by atoms with E-state index in [0.717, 1.165) is 17.6 Å². The molecule has 3 nitrogen and oxygen atoms in total. The van der Waals surface area contributed by atoms with E-state index >= 15 is 0 Å². The highest BCUT2D eigenvalue weighted by Gasteiger charge is 2.09. The zero-order valence-electron chi connectivity index (χ0n) is 8.94. The molecule has 0 aromatic carbocycles. The van der Waals surface area contributed by atoms with Crippen molar-refractivity contribution in [3.63, 3.8) is 0 Å². The van der Waals surface area contributed by atoms with Gasteiger partial charge in [-0.2, -0.15) is 5.26 Å². The number of hydrogen-bond donors (Lipinski definition) is 0. The fourth-order valence-corrected chi connectivity index (χ4v) is 1.74. The summed E-state index contributed by atoms with van der Waals surface area (Å²) in [5, 5.41) is 9.94. The number of hydrogen-bond acceptors (Lipinski definition) is 2. The first-order chi connectivity index (χ1) is 7.22. The molecule has 0 aliphatic rings. The van der Waals surface area contributed by atoms with Crippen LogP contribution >= 0.6 is 0 Å². The molecule has 0 fully saturated rings. The van der Waals surface area contributed by atoms with Crippen LogP contribution < -0.4 is 0 Å². The number of rotatable bonds is 2. The SMILES string of the molecule is CC(C)Cn1cc(C#N)c2cccnc21. The number of pyridine rings is 1. The van der Waals surface area contributed by atoms with E-state index < -0.39 is 0 Å². The Hall–Kier alpha value is -1.82. The molecule has 0 unspecified atom stereocenters. The highest BCUT2D eigenvalue weighted by atomic mass is 15.0. The Bertz CT molecular complexity index is 517. The molecule has 0 aliphatic heterocycles. The second kappa shape index (κ2) is 3.74. The zero-order chi connectivity index (χ0) is 10.8. The van der Waals surface area contributed by atoms with Crippen LogP contribution in [0.3, 0.4) is 0 Å². The monoisotopic (exact) mass is 199 g/mol. The molecule has 2 heterocycles. The van der Waals surface area contributed by atoms with Gasteiger partial charge >= 0.3 is 0 Å². The number of aromatic nitrogens is 2. The Morgan fingerprint density at radius 3 is 3.00 bits per heavy atom. The average molecular weight is 199 g/mol. The lowest BCUT2D eigenvalue weighted by molar-refractivity contribution is 0.533. The van der Waals surface area contributed by atoms with Gasteiger partial charge in [0.25, 0.3) is 0 Å². The molecule has 0 amide bonds. The number of nitrogens with zero attached hydrogens (tertiary/aromatic N) is 3. The first-order valence-electron chi connectivity index (χ1n) is 5.06. The smallest absolute Gasteiger partial charge is 0.141 e. The van der Waals surface area contributed by atoms with E-state index in [1.54, 1.807) is 6.20 Å². The van der Waals surface area contributed by atoms with Crippen LogP contribution in [0.1, 0.15) is 19.4 Å². The highest BCUT2D eigenvalue weighted by Crippen LogP contribution is 2.19. The maximum atomic E-state index is 8.99. The fraction of sp³-hybridized carbons (Fsp3) is 0.333. The van der Waals surface area contributed by atoms with E-state index in [1.165, 1.54) is 0 Å². The molecule has 0 aliphatic carbocycles. The van der Waals surface area contributed by atoms with Crippen LogP contribution in [0.5, 0.6) is 0 Å². The van der Waals surface area contributed by atoms with Gasteiger partial charge in [0.15, 0.2) is 0 Å². The van der Waals surface area contributed by atoms with Crippen molar-refractivity contribution in [3.05, 3.63) is 30.1 Å². The molecule has 0 atom stereocenters. The van der Waals surface area contributed by atoms with Gasteiger partial charge in [-0.3, -0.25) is 0 Å². The van der Waals surface area contributed by atoms with Gasteiger partial charge < -0.3 is 4.57 Å². The van der Waals surface area contributed by atoms with Crippen molar-refractivity contribution in [2.45, 2.75) is 20.4 Å². The van der Waals surface area contributed by atoms with Gasteiger partial charge in [0, 0.05) is 24.3 Å². The molecule has 0 N–H and O–H groups in total. The van der Waals surface area contributed by atoms with Crippen LogP contribution in [0.25, 0.3) is 11.0 Å². The number of nitriles is 1. The second-order valence-corrected chi connectivity index (χ2v) is 4.08. The predicted molar refractivity (Wildman–Crippen MR) is 59.3 cm³/mol. The average Bonchev–Trinajstić information content (AvgIpc) is 2.56. The Morgan fingerprint density at radius 1 is 1.53 bits per heavy atom. The van der Waals surface area contributed by atoms with Crippen molar-refractivity contribution in [3.8, 4) is 6.07 Å². The lowest BCUT2D eigenvalue weighted by Crippen LogP contribution is -2.03. The third-order valence-corrected chi connectivity index (χ3v) is 2.32. The van der Waals surface area contributed by atoms with Crippen molar-refractivity contribution < 1.29 is 0 Å². The Morgan fingerprint density at radius 2 is 2.33 bits per heavy atom.